The van der Waals surface area contributed by atoms with Gasteiger partial charge in [-0.05, 0) is 61.7 Å². The number of hydrogen-bond acceptors (Lipinski definition) is 5. The van der Waals surface area contributed by atoms with Gasteiger partial charge in [0.25, 0.3) is 5.91 Å². The Kier molecular flexibility index (Phi) is 6.22. The first kappa shape index (κ1) is 21.8. The molecule has 1 fully saturated rings. The van der Waals surface area contributed by atoms with E-state index in [9.17, 15) is 9.59 Å². The maximum Gasteiger partial charge on any atom is 0.255 e. The van der Waals surface area contributed by atoms with Crippen LogP contribution in [0.4, 0.5) is 5.69 Å². The molecule has 7 heteroatoms. The molecule has 174 valence electrons. The van der Waals surface area contributed by atoms with Gasteiger partial charge < -0.3 is 25.2 Å². The number of carbonyl (C=O) groups is 2. The van der Waals surface area contributed by atoms with Crippen molar-refractivity contribution in [1.29, 1.82) is 0 Å². The van der Waals surface area contributed by atoms with Gasteiger partial charge in [-0.2, -0.15) is 0 Å². The van der Waals surface area contributed by atoms with E-state index in [-0.39, 0.29) is 24.0 Å². The molecule has 2 aromatic rings. The summed E-state index contributed by atoms with van der Waals surface area (Å²) in [6, 6.07) is 13.6. The van der Waals surface area contributed by atoms with Crippen LogP contribution in [0.3, 0.4) is 0 Å². The van der Waals surface area contributed by atoms with Crippen LogP contribution in [-0.4, -0.2) is 50.0 Å². The monoisotopic (exact) mass is 448 g/mol. The zero-order chi connectivity index (χ0) is 22.8. The Labute approximate surface area is 195 Å². The Morgan fingerprint density at radius 3 is 2.64 bits per heavy atom. The number of rotatable bonds is 6. The van der Waals surface area contributed by atoms with Crippen LogP contribution in [-0.2, 0) is 4.79 Å². The summed E-state index contributed by atoms with van der Waals surface area (Å²) in [6.45, 7) is 3.76. The third kappa shape index (κ3) is 4.42. The molecule has 2 N–H and O–H groups in total. The number of nitrogens with zero attached hydrogens (tertiary/aromatic N) is 2. The first-order valence-electron chi connectivity index (χ1n) is 12.0. The summed E-state index contributed by atoms with van der Waals surface area (Å²) < 4.78 is 5.28. The van der Waals surface area contributed by atoms with Crippen molar-refractivity contribution in [2.45, 2.75) is 44.3 Å². The molecule has 0 spiro atoms. The van der Waals surface area contributed by atoms with E-state index < -0.39 is 0 Å². The van der Waals surface area contributed by atoms with E-state index in [4.69, 9.17) is 4.74 Å². The fourth-order valence-corrected chi connectivity index (χ4v) is 5.33. The summed E-state index contributed by atoms with van der Waals surface area (Å²) in [5.74, 6) is 0.789. The average molecular weight is 449 g/mol. The van der Waals surface area contributed by atoms with Crippen LogP contribution in [0.25, 0.3) is 0 Å². The van der Waals surface area contributed by atoms with E-state index in [1.54, 1.807) is 7.11 Å². The number of anilines is 1. The Morgan fingerprint density at radius 2 is 1.88 bits per heavy atom. The molecule has 1 saturated heterocycles. The lowest BCUT2D eigenvalue weighted by Gasteiger charge is -2.45. The summed E-state index contributed by atoms with van der Waals surface area (Å²) in [7, 11) is 1.64. The number of likely N-dealkylation sites (tertiary alicyclic amines) is 1. The van der Waals surface area contributed by atoms with Gasteiger partial charge >= 0.3 is 0 Å². The minimum absolute atomic E-state index is 0.0764. The first-order chi connectivity index (χ1) is 16.1. The maximum atomic E-state index is 13.0. The maximum absolute atomic E-state index is 13.0. The van der Waals surface area contributed by atoms with E-state index >= 15 is 0 Å². The molecule has 0 aliphatic carbocycles. The van der Waals surface area contributed by atoms with Crippen LogP contribution in [0.5, 0.6) is 5.75 Å². The molecule has 2 aromatic carbocycles. The third-order valence-electron chi connectivity index (χ3n) is 7.08. The molecule has 2 unspecified atom stereocenters. The molecule has 33 heavy (non-hydrogen) atoms. The standard InChI is InChI=1S/C26H32N4O3/c1-33-19-10-8-18(9-11-19)25-28-26(32)21-7-5-6-20-22(12-17-30(25)24(20)21)27-23(31)13-16-29-14-3-2-4-15-29/h5-11,22,25H,2-4,12-17H2,1H3,(H,27,31)(H,28,32). The Balaban J connectivity index is 1.34. The van der Waals surface area contributed by atoms with E-state index in [0.29, 0.717) is 12.0 Å². The van der Waals surface area contributed by atoms with Crippen molar-refractivity contribution in [2.24, 2.45) is 0 Å². The van der Waals surface area contributed by atoms with Gasteiger partial charge in [0.2, 0.25) is 5.91 Å². The molecule has 3 aliphatic rings. The molecule has 0 radical (unpaired) electrons. The van der Waals surface area contributed by atoms with Crippen molar-refractivity contribution in [1.82, 2.24) is 15.5 Å². The van der Waals surface area contributed by atoms with Crippen molar-refractivity contribution in [3.8, 4) is 5.75 Å². The summed E-state index contributed by atoms with van der Waals surface area (Å²) in [4.78, 5) is 30.4. The predicted molar refractivity (Wildman–Crippen MR) is 127 cm³/mol. The summed E-state index contributed by atoms with van der Waals surface area (Å²) >= 11 is 0. The second-order valence-electron chi connectivity index (χ2n) is 9.15. The number of para-hydroxylation sites is 1. The first-order valence-corrected chi connectivity index (χ1v) is 12.0. The van der Waals surface area contributed by atoms with E-state index in [2.05, 4.69) is 20.4 Å². The minimum Gasteiger partial charge on any atom is -0.497 e. The molecule has 2 atom stereocenters. The van der Waals surface area contributed by atoms with Gasteiger partial charge in [-0.1, -0.05) is 30.7 Å². The van der Waals surface area contributed by atoms with Crippen LogP contribution < -0.4 is 20.3 Å². The molecule has 2 amide bonds. The van der Waals surface area contributed by atoms with Gasteiger partial charge in [0.05, 0.1) is 24.4 Å². The quantitative estimate of drug-likeness (QED) is 0.709. The van der Waals surface area contributed by atoms with Gasteiger partial charge in [0.1, 0.15) is 11.9 Å². The normalized spacial score (nSPS) is 22.3. The molecule has 5 rings (SSSR count). The molecule has 3 aliphatic heterocycles. The highest BCUT2D eigenvalue weighted by Crippen LogP contribution is 2.43. The highest BCUT2D eigenvalue weighted by atomic mass is 16.5. The van der Waals surface area contributed by atoms with Crippen molar-refractivity contribution in [3.63, 3.8) is 0 Å². The fraction of sp³-hybridized carbons (Fsp3) is 0.462. The predicted octanol–water partition coefficient (Wildman–Crippen LogP) is 3.38. The largest absolute Gasteiger partial charge is 0.497 e. The van der Waals surface area contributed by atoms with Gasteiger partial charge in [-0.25, -0.2) is 0 Å². The highest BCUT2D eigenvalue weighted by Gasteiger charge is 2.38. The molecule has 0 bridgehead atoms. The van der Waals surface area contributed by atoms with Crippen molar-refractivity contribution < 1.29 is 14.3 Å². The Hall–Kier alpha value is -3.06. The van der Waals surface area contributed by atoms with Crippen LogP contribution in [0, 0.1) is 0 Å². The number of benzene rings is 2. The van der Waals surface area contributed by atoms with E-state index in [1.165, 1.54) is 19.3 Å². The Morgan fingerprint density at radius 1 is 1.09 bits per heavy atom. The fourth-order valence-electron chi connectivity index (χ4n) is 5.33. The number of hydrogen-bond donors (Lipinski definition) is 2. The van der Waals surface area contributed by atoms with Gasteiger partial charge in [0.15, 0.2) is 0 Å². The number of carbonyl (C=O) groups excluding carboxylic acids is 2. The zero-order valence-corrected chi connectivity index (χ0v) is 19.2. The van der Waals surface area contributed by atoms with E-state index in [0.717, 1.165) is 55.2 Å². The van der Waals surface area contributed by atoms with Gasteiger partial charge in [-0.3, -0.25) is 9.59 Å². The van der Waals surface area contributed by atoms with E-state index in [1.807, 2.05) is 42.5 Å². The number of nitrogens with one attached hydrogen (secondary N) is 2. The van der Waals surface area contributed by atoms with Crippen LogP contribution >= 0.6 is 0 Å². The molecule has 0 saturated carbocycles. The topological polar surface area (TPSA) is 73.9 Å². The van der Waals surface area contributed by atoms with Gasteiger partial charge in [-0.15, -0.1) is 0 Å². The Bertz CT molecular complexity index is 1020. The molecular formula is C26H32N4O3. The van der Waals surface area contributed by atoms with Crippen molar-refractivity contribution >= 4 is 17.5 Å². The molecule has 0 aromatic heterocycles. The van der Waals surface area contributed by atoms with Crippen molar-refractivity contribution in [2.75, 3.05) is 38.2 Å². The molecule has 3 heterocycles. The minimum atomic E-state index is -0.243. The lowest BCUT2D eigenvalue weighted by atomic mass is 9.90. The highest BCUT2D eigenvalue weighted by molar-refractivity contribution is 6.03. The number of piperidine rings is 1. The lowest BCUT2D eigenvalue weighted by molar-refractivity contribution is -0.122. The van der Waals surface area contributed by atoms with Crippen LogP contribution in [0.2, 0.25) is 0 Å². The summed E-state index contributed by atoms with van der Waals surface area (Å²) in [5, 5.41) is 6.41. The molecular weight excluding hydrogens is 416 g/mol. The number of methoxy groups -OCH3 is 1. The third-order valence-corrected chi connectivity index (χ3v) is 7.08. The van der Waals surface area contributed by atoms with Crippen LogP contribution in [0.15, 0.2) is 42.5 Å². The summed E-state index contributed by atoms with van der Waals surface area (Å²) in [6.07, 6.45) is 4.83. The molecule has 7 nitrogen and oxygen atoms in total. The number of ether oxygens (including phenoxy) is 1. The van der Waals surface area contributed by atoms with Crippen molar-refractivity contribution in [3.05, 3.63) is 59.2 Å². The SMILES string of the molecule is COc1ccc(C2NC(=O)c3cccc4c3N2CCC4NC(=O)CCN2CCCCC2)cc1. The lowest BCUT2D eigenvalue weighted by Crippen LogP contribution is -2.50. The number of amides is 2. The van der Waals surface area contributed by atoms with Crippen LogP contribution in [0.1, 0.15) is 65.8 Å². The van der Waals surface area contributed by atoms with Gasteiger partial charge in [0, 0.05) is 19.5 Å². The average Bonchev–Trinajstić information content (AvgIpc) is 2.86. The smallest absolute Gasteiger partial charge is 0.255 e. The summed E-state index contributed by atoms with van der Waals surface area (Å²) in [5.41, 5.74) is 3.64. The zero-order valence-electron chi connectivity index (χ0n) is 19.2. The second kappa shape index (κ2) is 9.43. The second-order valence-corrected chi connectivity index (χ2v) is 9.15.